The summed E-state index contributed by atoms with van der Waals surface area (Å²) in [5.74, 6) is 0. The molecule has 6 nitrogen and oxygen atoms in total. The van der Waals surface area contributed by atoms with Crippen LogP contribution in [0.5, 0.6) is 6.01 Å². The van der Waals surface area contributed by atoms with Crippen molar-refractivity contribution in [2.75, 3.05) is 13.2 Å². The highest BCUT2D eigenvalue weighted by Crippen LogP contribution is 2.23. The number of hydrogen-bond donors (Lipinski definition) is 2. The van der Waals surface area contributed by atoms with Crippen molar-refractivity contribution in [1.29, 1.82) is 0 Å². The van der Waals surface area contributed by atoms with Crippen LogP contribution in [0.4, 0.5) is 0 Å². The van der Waals surface area contributed by atoms with Gasteiger partial charge in [-0.3, -0.25) is 0 Å². The van der Waals surface area contributed by atoms with Crippen LogP contribution in [0.15, 0.2) is 6.07 Å². The fraction of sp³-hybridized carbons (Fsp3) is 0.500. The number of nitrogens with one attached hydrogen (secondary N) is 1. The molecule has 2 aromatic rings. The summed E-state index contributed by atoms with van der Waals surface area (Å²) < 4.78 is 11.0. The van der Waals surface area contributed by atoms with Crippen molar-refractivity contribution in [3.05, 3.63) is 16.8 Å². The first-order chi connectivity index (χ1) is 9.15. The molecule has 0 aliphatic carbocycles. The molecule has 2 atom stereocenters. The van der Waals surface area contributed by atoms with Gasteiger partial charge in [-0.2, -0.15) is 4.98 Å². The Morgan fingerprint density at radius 1 is 1.58 bits per heavy atom. The van der Waals surface area contributed by atoms with Crippen LogP contribution in [-0.4, -0.2) is 45.5 Å². The van der Waals surface area contributed by atoms with Crippen molar-refractivity contribution in [1.82, 2.24) is 15.0 Å². The third-order valence-corrected chi connectivity index (χ3v) is 3.49. The Bertz CT molecular complexity index is 562. The van der Waals surface area contributed by atoms with E-state index >= 15 is 0 Å². The Hall–Kier alpha value is -1.37. The highest BCUT2D eigenvalue weighted by atomic mass is 35.5. The number of rotatable bonds is 3. The van der Waals surface area contributed by atoms with Crippen LogP contribution in [0.2, 0.25) is 5.02 Å². The van der Waals surface area contributed by atoms with Crippen molar-refractivity contribution in [3.8, 4) is 6.01 Å². The second-order valence-electron chi connectivity index (χ2n) is 4.58. The van der Waals surface area contributed by atoms with Crippen molar-refractivity contribution < 1.29 is 14.6 Å². The van der Waals surface area contributed by atoms with Gasteiger partial charge in [0.15, 0.2) is 5.65 Å². The number of nitrogens with zero attached hydrogens (tertiary/aromatic N) is 2. The Morgan fingerprint density at radius 3 is 3.16 bits per heavy atom. The molecule has 2 unspecified atom stereocenters. The van der Waals surface area contributed by atoms with E-state index in [1.807, 2.05) is 6.92 Å². The predicted octanol–water partition coefficient (Wildman–Crippen LogP) is 1.45. The van der Waals surface area contributed by atoms with E-state index in [0.717, 1.165) is 11.2 Å². The van der Waals surface area contributed by atoms with E-state index < -0.39 is 0 Å². The molecule has 0 amide bonds. The second-order valence-corrected chi connectivity index (χ2v) is 4.99. The lowest BCUT2D eigenvalue weighted by Gasteiger charge is -2.07. The Labute approximate surface area is 114 Å². The topological polar surface area (TPSA) is 80.3 Å². The van der Waals surface area contributed by atoms with Gasteiger partial charge in [-0.15, -0.1) is 0 Å². The zero-order valence-electron chi connectivity index (χ0n) is 10.4. The van der Waals surface area contributed by atoms with Gasteiger partial charge in [-0.05, 0) is 13.0 Å². The molecule has 19 heavy (non-hydrogen) atoms. The number of pyridine rings is 1. The number of aliphatic hydroxyl groups excluding tert-OH is 1. The molecule has 0 bridgehead atoms. The molecule has 102 valence electrons. The monoisotopic (exact) mass is 283 g/mol. The minimum absolute atomic E-state index is 0.0103. The molecule has 0 spiro atoms. The molecule has 1 aliphatic heterocycles. The molecule has 7 heteroatoms. The summed E-state index contributed by atoms with van der Waals surface area (Å²) in [5, 5.41) is 9.59. The summed E-state index contributed by atoms with van der Waals surface area (Å²) in [4.78, 5) is 11.6. The number of imidazole rings is 1. The number of H-pyrrole nitrogens is 1. The SMILES string of the molecule is Cc1nc2nc(OC3COC(CO)C3)[nH]c2cc1Cl. The molecule has 2 N–H and O–H groups in total. The lowest BCUT2D eigenvalue weighted by molar-refractivity contribution is 0.0528. The van der Waals surface area contributed by atoms with Gasteiger partial charge in [0.05, 0.1) is 35.6 Å². The molecule has 1 aliphatic rings. The molecule has 3 heterocycles. The molecule has 0 saturated carbocycles. The maximum Gasteiger partial charge on any atom is 0.296 e. The quantitative estimate of drug-likeness (QED) is 0.891. The number of fused-ring (bicyclic) bond motifs is 1. The van der Waals surface area contributed by atoms with Crippen molar-refractivity contribution in [2.24, 2.45) is 0 Å². The number of aromatic nitrogens is 3. The van der Waals surface area contributed by atoms with Crippen LogP contribution in [0.1, 0.15) is 12.1 Å². The minimum atomic E-state index is -0.149. The third-order valence-electron chi connectivity index (χ3n) is 3.11. The third kappa shape index (κ3) is 2.51. The van der Waals surface area contributed by atoms with Gasteiger partial charge in [0, 0.05) is 6.42 Å². The van der Waals surface area contributed by atoms with Crippen LogP contribution in [0.25, 0.3) is 11.2 Å². The van der Waals surface area contributed by atoms with Gasteiger partial charge >= 0.3 is 0 Å². The fourth-order valence-electron chi connectivity index (χ4n) is 2.08. The largest absolute Gasteiger partial charge is 0.459 e. The van der Waals surface area contributed by atoms with Gasteiger partial charge in [0.1, 0.15) is 6.10 Å². The average Bonchev–Trinajstić information content (AvgIpc) is 2.97. The molecule has 2 aromatic heterocycles. The van der Waals surface area contributed by atoms with Crippen LogP contribution in [0.3, 0.4) is 0 Å². The van der Waals surface area contributed by atoms with E-state index in [-0.39, 0.29) is 18.8 Å². The molecule has 3 rings (SSSR count). The number of aromatic amines is 1. The van der Waals surface area contributed by atoms with E-state index in [9.17, 15) is 0 Å². The highest BCUT2D eigenvalue weighted by Gasteiger charge is 2.27. The zero-order chi connectivity index (χ0) is 13.4. The lowest BCUT2D eigenvalue weighted by Crippen LogP contribution is -2.17. The maximum atomic E-state index is 9.00. The van der Waals surface area contributed by atoms with Gasteiger partial charge in [-0.1, -0.05) is 11.6 Å². The summed E-state index contributed by atoms with van der Waals surface area (Å²) in [6.45, 7) is 2.29. The molecule has 1 fully saturated rings. The first-order valence-electron chi connectivity index (χ1n) is 6.07. The van der Waals surface area contributed by atoms with Gasteiger partial charge in [0.25, 0.3) is 6.01 Å². The first-order valence-corrected chi connectivity index (χ1v) is 6.45. The standard InChI is InChI=1S/C12H14ClN3O3/c1-6-9(13)3-10-11(14-6)16-12(15-10)19-8-2-7(4-17)18-5-8/h3,7-8,17H,2,4-5H2,1H3,(H,14,15,16). The van der Waals surface area contributed by atoms with Crippen LogP contribution in [0, 0.1) is 6.92 Å². The number of aliphatic hydroxyl groups is 1. The summed E-state index contributed by atoms with van der Waals surface area (Å²) in [7, 11) is 0. The number of aryl methyl sites for hydroxylation is 1. The first kappa shape index (κ1) is 12.7. The molecular formula is C12H14ClN3O3. The van der Waals surface area contributed by atoms with Crippen LogP contribution in [-0.2, 0) is 4.74 Å². The van der Waals surface area contributed by atoms with Gasteiger partial charge in [-0.25, -0.2) is 4.98 Å². The summed E-state index contributed by atoms with van der Waals surface area (Å²) in [6, 6.07) is 2.18. The zero-order valence-corrected chi connectivity index (χ0v) is 11.1. The van der Waals surface area contributed by atoms with Crippen LogP contribution < -0.4 is 4.74 Å². The Morgan fingerprint density at radius 2 is 2.42 bits per heavy atom. The van der Waals surface area contributed by atoms with E-state index in [1.54, 1.807) is 6.07 Å². The number of ether oxygens (including phenoxy) is 2. The highest BCUT2D eigenvalue weighted by molar-refractivity contribution is 6.31. The van der Waals surface area contributed by atoms with E-state index in [1.165, 1.54) is 0 Å². The van der Waals surface area contributed by atoms with Crippen molar-refractivity contribution in [3.63, 3.8) is 0 Å². The lowest BCUT2D eigenvalue weighted by atomic mass is 10.2. The minimum Gasteiger partial charge on any atom is -0.459 e. The van der Waals surface area contributed by atoms with Crippen molar-refractivity contribution >= 4 is 22.8 Å². The number of halogens is 1. The fourth-order valence-corrected chi connectivity index (χ4v) is 2.23. The van der Waals surface area contributed by atoms with Gasteiger partial charge in [0.2, 0.25) is 0 Å². The molecule has 1 saturated heterocycles. The summed E-state index contributed by atoms with van der Waals surface area (Å²) in [6.07, 6.45) is 0.402. The maximum absolute atomic E-state index is 9.00. The Kier molecular flexibility index (Phi) is 3.30. The number of hydrogen-bond acceptors (Lipinski definition) is 5. The Balaban J connectivity index is 1.78. The average molecular weight is 284 g/mol. The van der Waals surface area contributed by atoms with E-state index in [0.29, 0.717) is 29.7 Å². The summed E-state index contributed by atoms with van der Waals surface area (Å²) >= 11 is 6.01. The van der Waals surface area contributed by atoms with Crippen LogP contribution >= 0.6 is 11.6 Å². The van der Waals surface area contributed by atoms with Crippen molar-refractivity contribution in [2.45, 2.75) is 25.6 Å². The normalized spacial score (nSPS) is 23.1. The van der Waals surface area contributed by atoms with E-state index in [4.69, 9.17) is 26.2 Å². The second kappa shape index (κ2) is 4.96. The smallest absolute Gasteiger partial charge is 0.296 e. The van der Waals surface area contributed by atoms with Gasteiger partial charge < -0.3 is 19.6 Å². The molecule has 0 aromatic carbocycles. The predicted molar refractivity (Wildman–Crippen MR) is 69.5 cm³/mol. The molecular weight excluding hydrogens is 270 g/mol. The van der Waals surface area contributed by atoms with E-state index in [2.05, 4.69) is 15.0 Å². The summed E-state index contributed by atoms with van der Waals surface area (Å²) in [5.41, 5.74) is 2.05. The molecule has 0 radical (unpaired) electrons.